The van der Waals surface area contributed by atoms with Crippen LogP contribution in [0.4, 0.5) is 0 Å². The van der Waals surface area contributed by atoms with Gasteiger partial charge in [0, 0.05) is 24.7 Å². The molecule has 96 valence electrons. The Morgan fingerprint density at radius 2 is 2.39 bits per heavy atom. The first-order chi connectivity index (χ1) is 8.61. The zero-order valence-electron chi connectivity index (χ0n) is 10.2. The molecule has 0 aliphatic carbocycles. The highest BCUT2D eigenvalue weighted by Gasteiger charge is 2.33. The van der Waals surface area contributed by atoms with Crippen molar-refractivity contribution in [1.82, 2.24) is 9.88 Å². The standard InChI is InChI=1S/C13H15ClN2O2/c1-2-3-9-6-12(17)16(8-9)13(18)10-4-5-15-11(14)7-10/h4-5,7,9H,2-3,6,8H2,1H3. The van der Waals surface area contributed by atoms with Gasteiger partial charge in [-0.05, 0) is 24.5 Å². The van der Waals surface area contributed by atoms with Crippen LogP contribution >= 0.6 is 11.6 Å². The minimum Gasteiger partial charge on any atom is -0.278 e. The van der Waals surface area contributed by atoms with Gasteiger partial charge in [0.2, 0.25) is 5.91 Å². The fourth-order valence-corrected chi connectivity index (χ4v) is 2.44. The SMILES string of the molecule is CCCC1CC(=O)N(C(=O)c2ccnc(Cl)c2)C1. The Kier molecular flexibility index (Phi) is 3.97. The predicted molar refractivity (Wildman–Crippen MR) is 68.3 cm³/mol. The molecule has 1 aliphatic rings. The van der Waals surface area contributed by atoms with Gasteiger partial charge in [0.25, 0.3) is 5.91 Å². The smallest absolute Gasteiger partial charge is 0.260 e. The van der Waals surface area contributed by atoms with Crippen molar-refractivity contribution in [3.63, 3.8) is 0 Å². The van der Waals surface area contributed by atoms with Crippen LogP contribution < -0.4 is 0 Å². The third-order valence-electron chi connectivity index (χ3n) is 3.12. The van der Waals surface area contributed by atoms with Crippen molar-refractivity contribution < 1.29 is 9.59 Å². The van der Waals surface area contributed by atoms with Crippen LogP contribution in [-0.4, -0.2) is 28.2 Å². The third-order valence-corrected chi connectivity index (χ3v) is 3.33. The Labute approximate surface area is 111 Å². The molecule has 18 heavy (non-hydrogen) atoms. The molecule has 5 heteroatoms. The number of amides is 2. The molecule has 1 saturated heterocycles. The molecule has 0 spiro atoms. The zero-order chi connectivity index (χ0) is 13.1. The third kappa shape index (κ3) is 2.70. The van der Waals surface area contributed by atoms with Crippen molar-refractivity contribution in [2.24, 2.45) is 5.92 Å². The molecular weight excluding hydrogens is 252 g/mol. The van der Waals surface area contributed by atoms with Crippen molar-refractivity contribution in [3.05, 3.63) is 29.0 Å². The normalized spacial score (nSPS) is 19.3. The minimum atomic E-state index is -0.275. The van der Waals surface area contributed by atoms with E-state index in [4.69, 9.17) is 11.6 Å². The molecule has 0 aromatic carbocycles. The predicted octanol–water partition coefficient (Wildman–Crippen LogP) is 2.52. The summed E-state index contributed by atoms with van der Waals surface area (Å²) in [7, 11) is 0. The van der Waals surface area contributed by atoms with Crippen molar-refractivity contribution in [2.75, 3.05) is 6.54 Å². The molecular formula is C13H15ClN2O2. The Morgan fingerprint density at radius 3 is 3.06 bits per heavy atom. The number of pyridine rings is 1. The molecule has 1 unspecified atom stereocenters. The fourth-order valence-electron chi connectivity index (χ4n) is 2.27. The van der Waals surface area contributed by atoms with Crippen LogP contribution in [-0.2, 0) is 4.79 Å². The molecule has 0 radical (unpaired) electrons. The summed E-state index contributed by atoms with van der Waals surface area (Å²) >= 11 is 5.74. The number of imide groups is 1. The molecule has 2 amide bonds. The lowest BCUT2D eigenvalue weighted by Gasteiger charge is -2.14. The molecule has 0 bridgehead atoms. The van der Waals surface area contributed by atoms with Gasteiger partial charge in [0.15, 0.2) is 0 Å². The van der Waals surface area contributed by atoms with Crippen LogP contribution in [0.25, 0.3) is 0 Å². The van der Waals surface area contributed by atoms with Gasteiger partial charge in [-0.3, -0.25) is 14.5 Å². The van der Waals surface area contributed by atoms with Gasteiger partial charge < -0.3 is 0 Å². The molecule has 0 N–H and O–H groups in total. The van der Waals surface area contributed by atoms with Gasteiger partial charge in [0.1, 0.15) is 5.15 Å². The monoisotopic (exact) mass is 266 g/mol. The maximum atomic E-state index is 12.2. The highest BCUT2D eigenvalue weighted by molar-refractivity contribution is 6.29. The van der Waals surface area contributed by atoms with Crippen LogP contribution in [0.1, 0.15) is 36.5 Å². The van der Waals surface area contributed by atoms with E-state index in [0.717, 1.165) is 12.8 Å². The van der Waals surface area contributed by atoms with E-state index in [1.54, 1.807) is 6.07 Å². The average Bonchev–Trinajstić information content (AvgIpc) is 2.70. The van der Waals surface area contributed by atoms with Gasteiger partial charge in [-0.1, -0.05) is 24.9 Å². The summed E-state index contributed by atoms with van der Waals surface area (Å²) in [5.74, 6) is -0.0713. The largest absolute Gasteiger partial charge is 0.278 e. The van der Waals surface area contributed by atoms with Crippen molar-refractivity contribution in [3.8, 4) is 0 Å². The number of rotatable bonds is 3. The number of carbonyl (C=O) groups is 2. The Hall–Kier alpha value is -1.42. The van der Waals surface area contributed by atoms with Crippen LogP contribution in [0.3, 0.4) is 0 Å². The van der Waals surface area contributed by atoms with Gasteiger partial charge in [0.05, 0.1) is 0 Å². The van der Waals surface area contributed by atoms with E-state index in [9.17, 15) is 9.59 Å². The molecule has 4 nitrogen and oxygen atoms in total. The second-order valence-corrected chi connectivity index (χ2v) is 4.92. The molecule has 1 fully saturated rings. The Balaban J connectivity index is 2.12. The van der Waals surface area contributed by atoms with Gasteiger partial charge in [-0.15, -0.1) is 0 Å². The summed E-state index contributed by atoms with van der Waals surface area (Å²) in [6.45, 7) is 2.60. The second kappa shape index (κ2) is 5.48. The van der Waals surface area contributed by atoms with E-state index in [2.05, 4.69) is 11.9 Å². The lowest BCUT2D eigenvalue weighted by atomic mass is 10.0. The number of nitrogens with zero attached hydrogens (tertiary/aromatic N) is 2. The van der Waals surface area contributed by atoms with Crippen molar-refractivity contribution in [1.29, 1.82) is 0 Å². The summed E-state index contributed by atoms with van der Waals surface area (Å²) in [5.41, 5.74) is 0.417. The topological polar surface area (TPSA) is 50.3 Å². The van der Waals surface area contributed by atoms with Gasteiger partial charge in [-0.2, -0.15) is 0 Å². The first kappa shape index (κ1) is 13.0. The number of hydrogen-bond acceptors (Lipinski definition) is 3. The molecule has 1 atom stereocenters. The molecule has 1 aliphatic heterocycles. The Morgan fingerprint density at radius 1 is 1.61 bits per heavy atom. The number of aromatic nitrogens is 1. The quantitative estimate of drug-likeness (QED) is 0.624. The van der Waals surface area contributed by atoms with Crippen molar-refractivity contribution in [2.45, 2.75) is 26.2 Å². The minimum absolute atomic E-state index is 0.0913. The maximum Gasteiger partial charge on any atom is 0.260 e. The highest BCUT2D eigenvalue weighted by Crippen LogP contribution is 2.24. The van der Waals surface area contributed by atoms with Crippen LogP contribution in [0.5, 0.6) is 0 Å². The molecule has 1 aromatic rings. The highest BCUT2D eigenvalue weighted by atomic mass is 35.5. The first-order valence-corrected chi connectivity index (χ1v) is 6.46. The lowest BCUT2D eigenvalue weighted by molar-refractivity contribution is -0.125. The van der Waals surface area contributed by atoms with Crippen LogP contribution in [0.15, 0.2) is 18.3 Å². The van der Waals surface area contributed by atoms with E-state index in [1.165, 1.54) is 17.2 Å². The zero-order valence-corrected chi connectivity index (χ0v) is 11.0. The van der Waals surface area contributed by atoms with Crippen LogP contribution in [0, 0.1) is 5.92 Å². The second-order valence-electron chi connectivity index (χ2n) is 4.54. The Bertz CT molecular complexity index is 476. The van der Waals surface area contributed by atoms with E-state index in [1.807, 2.05) is 0 Å². The van der Waals surface area contributed by atoms with E-state index < -0.39 is 0 Å². The summed E-state index contributed by atoms with van der Waals surface area (Å²) in [4.78, 5) is 29.1. The summed E-state index contributed by atoms with van der Waals surface area (Å²) < 4.78 is 0. The van der Waals surface area contributed by atoms with E-state index in [0.29, 0.717) is 24.4 Å². The van der Waals surface area contributed by atoms with E-state index in [-0.39, 0.29) is 17.0 Å². The number of hydrogen-bond donors (Lipinski definition) is 0. The number of carbonyl (C=O) groups excluding carboxylic acids is 2. The molecule has 1 aromatic heterocycles. The number of halogens is 1. The van der Waals surface area contributed by atoms with Gasteiger partial charge >= 0.3 is 0 Å². The van der Waals surface area contributed by atoms with Crippen LogP contribution in [0.2, 0.25) is 5.15 Å². The molecule has 2 rings (SSSR count). The average molecular weight is 267 g/mol. The molecule has 0 saturated carbocycles. The summed E-state index contributed by atoms with van der Waals surface area (Å²) in [6.07, 6.45) is 3.95. The first-order valence-electron chi connectivity index (χ1n) is 6.08. The summed E-state index contributed by atoms with van der Waals surface area (Å²) in [5, 5.41) is 0.262. The fraction of sp³-hybridized carbons (Fsp3) is 0.462. The van der Waals surface area contributed by atoms with E-state index >= 15 is 0 Å². The maximum absolute atomic E-state index is 12.2. The lowest BCUT2D eigenvalue weighted by Crippen LogP contribution is -2.32. The van der Waals surface area contributed by atoms with Gasteiger partial charge in [-0.25, -0.2) is 4.98 Å². The van der Waals surface area contributed by atoms with Crippen molar-refractivity contribution >= 4 is 23.4 Å². The summed E-state index contributed by atoms with van der Waals surface area (Å²) in [6, 6.07) is 3.07. The molecule has 2 heterocycles. The number of likely N-dealkylation sites (tertiary alicyclic amines) is 1.